The molecule has 14 heteroatoms. The van der Waals surface area contributed by atoms with Crippen LogP contribution in [-0.4, -0.2) is 75.5 Å². The van der Waals surface area contributed by atoms with Crippen LogP contribution in [0.4, 0.5) is 0 Å². The largest absolute Gasteiger partial charge is 0.493 e. The number of aromatic amines is 1. The molecule has 1 N–H and O–H groups in total. The maximum Gasteiger partial charge on any atom is 0.335 e. The lowest BCUT2D eigenvalue weighted by Gasteiger charge is -2.26. The van der Waals surface area contributed by atoms with E-state index >= 15 is 0 Å². The molecule has 0 unspecified atom stereocenters. The van der Waals surface area contributed by atoms with E-state index < -0.39 is 27.5 Å². The van der Waals surface area contributed by atoms with Crippen molar-refractivity contribution in [2.75, 3.05) is 40.6 Å². The summed E-state index contributed by atoms with van der Waals surface area (Å²) in [6.45, 7) is 0.0891. The molecule has 4 rings (SSSR count). The van der Waals surface area contributed by atoms with Gasteiger partial charge in [-0.1, -0.05) is 35.3 Å². The lowest BCUT2D eigenvalue weighted by atomic mass is 10.0. The summed E-state index contributed by atoms with van der Waals surface area (Å²) in [5.74, 6) is 0.183. The standard InChI is InChI=1S/C28H29Cl2N3O7S2/c1-32(2)26(34)18-6-5-7-19(12-18)42(36,37)33-10-11-41-27(33)28(35)40-24(14-20-21(29)15-31-16-22(20)30)17-8-9-23(38-3)25(13-17)39-4/h5-9,12-13,15-16,24,27H,10-11,14H2,1-4H3/p+1/t24-,27-/m0/s1. The zero-order chi connectivity index (χ0) is 30.6. The van der Waals surface area contributed by atoms with Crippen LogP contribution >= 0.6 is 35.0 Å². The molecular formula is C28H30Cl2N3O7S2+. The van der Waals surface area contributed by atoms with Gasteiger partial charge in [-0.15, -0.1) is 11.8 Å². The quantitative estimate of drug-likeness (QED) is 0.300. The number of sulfonamides is 1. The van der Waals surface area contributed by atoms with Gasteiger partial charge in [-0.2, -0.15) is 4.31 Å². The number of H-pyrrole nitrogens is 1. The molecule has 0 radical (unpaired) electrons. The third-order valence-electron chi connectivity index (χ3n) is 6.57. The highest BCUT2D eigenvalue weighted by atomic mass is 35.5. The van der Waals surface area contributed by atoms with Crippen LogP contribution in [0.2, 0.25) is 10.0 Å². The number of rotatable bonds is 10. The molecule has 10 nitrogen and oxygen atoms in total. The average molecular weight is 656 g/mol. The predicted molar refractivity (Wildman–Crippen MR) is 160 cm³/mol. The van der Waals surface area contributed by atoms with Crippen LogP contribution in [0.25, 0.3) is 0 Å². The number of carbonyl (C=O) groups is 2. The van der Waals surface area contributed by atoms with Gasteiger partial charge < -0.3 is 19.1 Å². The Bertz CT molecular complexity index is 1570. The van der Waals surface area contributed by atoms with E-state index in [1.165, 1.54) is 43.4 Å². The van der Waals surface area contributed by atoms with E-state index in [0.29, 0.717) is 38.4 Å². The van der Waals surface area contributed by atoms with Crippen molar-refractivity contribution in [1.29, 1.82) is 0 Å². The van der Waals surface area contributed by atoms with Crippen LogP contribution < -0.4 is 14.5 Å². The van der Waals surface area contributed by atoms with Crippen molar-refractivity contribution in [2.45, 2.75) is 22.8 Å². The number of amides is 1. The number of hydrogen-bond acceptors (Lipinski definition) is 8. The molecular weight excluding hydrogens is 625 g/mol. The molecule has 1 aliphatic heterocycles. The lowest BCUT2D eigenvalue weighted by molar-refractivity contribution is -0.377. The smallest absolute Gasteiger partial charge is 0.335 e. The molecule has 2 aromatic carbocycles. The van der Waals surface area contributed by atoms with Gasteiger partial charge in [0.25, 0.3) is 5.91 Å². The predicted octanol–water partition coefficient (Wildman–Crippen LogP) is 4.12. The number of nitrogens with zero attached hydrogens (tertiary/aromatic N) is 2. The van der Waals surface area contributed by atoms with Gasteiger partial charge in [0.15, 0.2) is 29.3 Å². The Morgan fingerprint density at radius 1 is 1.07 bits per heavy atom. The molecule has 1 aliphatic rings. The second-order valence-electron chi connectivity index (χ2n) is 9.44. The second-order valence-corrected chi connectivity index (χ2v) is 13.3. The highest BCUT2D eigenvalue weighted by molar-refractivity contribution is 8.02. The maximum absolute atomic E-state index is 13.7. The van der Waals surface area contributed by atoms with Gasteiger partial charge in [0, 0.05) is 43.9 Å². The van der Waals surface area contributed by atoms with Crippen LogP contribution in [0.15, 0.2) is 59.8 Å². The zero-order valence-corrected chi connectivity index (χ0v) is 26.4. The molecule has 0 spiro atoms. The fourth-order valence-corrected chi connectivity index (χ4v) is 8.03. The molecule has 3 aromatic rings. The van der Waals surface area contributed by atoms with Crippen LogP contribution in [0.3, 0.4) is 0 Å². The van der Waals surface area contributed by atoms with Crippen LogP contribution in [-0.2, 0) is 26.0 Å². The highest BCUT2D eigenvalue weighted by Gasteiger charge is 2.42. The Hall–Kier alpha value is -3.03. The molecule has 2 heterocycles. The van der Waals surface area contributed by atoms with E-state index in [-0.39, 0.29) is 29.3 Å². The number of hydrogen-bond donors (Lipinski definition) is 0. The van der Waals surface area contributed by atoms with Gasteiger partial charge in [-0.3, -0.25) is 4.79 Å². The number of aromatic nitrogens is 1. The van der Waals surface area contributed by atoms with Crippen molar-refractivity contribution < 1.29 is 37.2 Å². The summed E-state index contributed by atoms with van der Waals surface area (Å²) in [5, 5.41) is -0.466. The van der Waals surface area contributed by atoms with Crippen LogP contribution in [0.5, 0.6) is 11.5 Å². The van der Waals surface area contributed by atoms with Crippen LogP contribution in [0.1, 0.15) is 27.6 Å². The van der Waals surface area contributed by atoms with Crippen molar-refractivity contribution in [1.82, 2.24) is 9.21 Å². The molecule has 1 fully saturated rings. The first-order valence-corrected chi connectivity index (χ1v) is 15.9. The molecule has 42 heavy (non-hydrogen) atoms. The summed E-state index contributed by atoms with van der Waals surface area (Å²) in [6.07, 6.45) is 2.33. The van der Waals surface area contributed by atoms with Crippen molar-refractivity contribution in [3.63, 3.8) is 0 Å². The summed E-state index contributed by atoms with van der Waals surface area (Å²) in [5.41, 5.74) is 1.32. The van der Waals surface area contributed by atoms with E-state index in [0.717, 1.165) is 16.1 Å². The summed E-state index contributed by atoms with van der Waals surface area (Å²) in [4.78, 5) is 30.3. The Morgan fingerprint density at radius 3 is 2.40 bits per heavy atom. The lowest BCUT2D eigenvalue weighted by Crippen LogP contribution is -2.40. The fourth-order valence-electron chi connectivity index (χ4n) is 4.41. The minimum atomic E-state index is -4.15. The first-order chi connectivity index (χ1) is 20.0. The SMILES string of the molecule is COc1ccc([C@H](Cc2c(Cl)c[nH+]cc2Cl)OC(=O)[C@@H]2SCCN2S(=O)(=O)c2cccc(C(=O)N(C)C)c2)cc1OC. The number of ether oxygens (including phenoxy) is 3. The van der Waals surface area contributed by atoms with Crippen molar-refractivity contribution in [2.24, 2.45) is 0 Å². The molecule has 1 aromatic heterocycles. The second kappa shape index (κ2) is 13.5. The molecule has 2 atom stereocenters. The average Bonchev–Trinajstić information content (AvgIpc) is 3.49. The van der Waals surface area contributed by atoms with Gasteiger partial charge in [0.1, 0.15) is 16.1 Å². The topological polar surface area (TPSA) is 117 Å². The summed E-state index contributed by atoms with van der Waals surface area (Å²) in [6, 6.07) is 10.8. The fraction of sp³-hybridized carbons (Fsp3) is 0.321. The van der Waals surface area contributed by atoms with E-state index in [1.54, 1.807) is 44.7 Å². The molecule has 224 valence electrons. The third-order valence-corrected chi connectivity index (χ3v) is 10.4. The van der Waals surface area contributed by atoms with Gasteiger partial charge in [0.2, 0.25) is 10.0 Å². The minimum Gasteiger partial charge on any atom is -0.493 e. The molecule has 0 aliphatic carbocycles. The van der Waals surface area contributed by atoms with E-state index in [9.17, 15) is 18.0 Å². The van der Waals surface area contributed by atoms with Gasteiger partial charge >= 0.3 is 5.97 Å². The van der Waals surface area contributed by atoms with Gasteiger partial charge in [0.05, 0.1) is 19.1 Å². The summed E-state index contributed by atoms with van der Waals surface area (Å²) < 4.78 is 45.3. The molecule has 1 saturated heterocycles. The maximum atomic E-state index is 13.7. The van der Waals surface area contributed by atoms with E-state index in [2.05, 4.69) is 4.98 Å². The van der Waals surface area contributed by atoms with Crippen molar-refractivity contribution in [3.05, 3.63) is 81.6 Å². The first-order valence-electron chi connectivity index (χ1n) is 12.7. The normalized spacial score (nSPS) is 16.1. The Kier molecular flexibility index (Phi) is 10.3. The number of thioether (sulfide) groups is 1. The first kappa shape index (κ1) is 31.9. The number of carbonyl (C=O) groups excluding carboxylic acids is 2. The van der Waals surface area contributed by atoms with E-state index in [4.69, 9.17) is 37.4 Å². The Balaban J connectivity index is 1.66. The van der Waals surface area contributed by atoms with Crippen molar-refractivity contribution in [3.8, 4) is 11.5 Å². The number of methoxy groups -OCH3 is 2. The third kappa shape index (κ3) is 6.78. The minimum absolute atomic E-state index is 0.0891. The zero-order valence-electron chi connectivity index (χ0n) is 23.3. The number of esters is 1. The monoisotopic (exact) mass is 654 g/mol. The number of nitrogens with one attached hydrogen (secondary N) is 1. The molecule has 1 amide bonds. The van der Waals surface area contributed by atoms with Gasteiger partial charge in [-0.25, -0.2) is 18.2 Å². The van der Waals surface area contributed by atoms with E-state index in [1.807, 2.05) is 0 Å². The summed E-state index contributed by atoms with van der Waals surface area (Å²) >= 11 is 14.0. The van der Waals surface area contributed by atoms with Gasteiger partial charge in [-0.05, 0) is 35.9 Å². The number of pyridine rings is 1. The number of benzene rings is 2. The Labute approximate surface area is 258 Å². The Morgan fingerprint density at radius 2 is 1.76 bits per heavy atom. The summed E-state index contributed by atoms with van der Waals surface area (Å²) in [7, 11) is 2.00. The molecule has 0 saturated carbocycles. The number of halogens is 2. The van der Waals surface area contributed by atoms with Crippen LogP contribution in [0, 0.1) is 0 Å². The highest BCUT2D eigenvalue weighted by Crippen LogP contribution is 2.37. The molecule has 0 bridgehead atoms. The van der Waals surface area contributed by atoms with Crippen molar-refractivity contribution >= 4 is 56.9 Å².